The van der Waals surface area contributed by atoms with E-state index in [2.05, 4.69) is 47.6 Å². The molecule has 0 heteroatoms. The van der Waals surface area contributed by atoms with Crippen molar-refractivity contribution in [2.24, 2.45) is 52.3 Å². The summed E-state index contributed by atoms with van der Waals surface area (Å²) in [6, 6.07) is 0. The summed E-state index contributed by atoms with van der Waals surface area (Å²) in [5.74, 6) is 6.73. The lowest BCUT2D eigenvalue weighted by molar-refractivity contribution is -0.0523. The van der Waals surface area contributed by atoms with Crippen LogP contribution >= 0.6 is 0 Å². The van der Waals surface area contributed by atoms with Gasteiger partial charge in [-0.25, -0.2) is 0 Å². The van der Waals surface area contributed by atoms with Gasteiger partial charge in [-0.1, -0.05) is 72.5 Å². The zero-order valence-electron chi connectivity index (χ0n) is 19.9. The lowest BCUT2D eigenvalue weighted by Gasteiger charge is -2.58. The number of fused-ring (bicyclic) bond motifs is 5. The number of hydrogen-bond acceptors (Lipinski definition) is 0. The lowest BCUT2D eigenvalue weighted by atomic mass is 9.46. The van der Waals surface area contributed by atoms with E-state index in [1.165, 1.54) is 70.6 Å². The maximum Gasteiger partial charge on any atom is -0.00851 e. The third-order valence-corrected chi connectivity index (χ3v) is 10.6. The quantitative estimate of drug-likeness (QED) is 0.416. The Kier molecular flexibility index (Phi) is 5.83. The smallest absolute Gasteiger partial charge is 0.00851 e. The van der Waals surface area contributed by atoms with Crippen LogP contribution in [0.5, 0.6) is 0 Å². The third-order valence-electron chi connectivity index (χ3n) is 10.6. The van der Waals surface area contributed by atoms with Crippen LogP contribution in [0.4, 0.5) is 0 Å². The Morgan fingerprint density at radius 2 is 1.75 bits per heavy atom. The Labute approximate surface area is 176 Å². The van der Waals surface area contributed by atoms with Crippen molar-refractivity contribution in [1.29, 1.82) is 0 Å². The Bertz CT molecular complexity index is 585. The molecule has 0 heterocycles. The molecule has 4 aliphatic carbocycles. The van der Waals surface area contributed by atoms with Crippen molar-refractivity contribution in [3.8, 4) is 0 Å². The first kappa shape index (κ1) is 21.0. The van der Waals surface area contributed by atoms with E-state index in [1.54, 1.807) is 0 Å². The molecule has 0 spiro atoms. The summed E-state index contributed by atoms with van der Waals surface area (Å²) >= 11 is 0. The third kappa shape index (κ3) is 3.43. The van der Waals surface area contributed by atoms with Crippen molar-refractivity contribution >= 4 is 0 Å². The van der Waals surface area contributed by atoms with Crippen LogP contribution < -0.4 is 0 Å². The summed E-state index contributed by atoms with van der Waals surface area (Å²) in [5.41, 5.74) is 3.06. The molecule has 0 radical (unpaired) electrons. The van der Waals surface area contributed by atoms with E-state index in [0.717, 1.165) is 41.4 Å². The zero-order chi connectivity index (χ0) is 20.1. The topological polar surface area (TPSA) is 0 Å². The molecule has 2 unspecified atom stereocenters. The molecule has 3 fully saturated rings. The van der Waals surface area contributed by atoms with Gasteiger partial charge < -0.3 is 0 Å². The Morgan fingerprint density at radius 1 is 0.964 bits per heavy atom. The Balaban J connectivity index is 1.49. The van der Waals surface area contributed by atoms with Gasteiger partial charge in [0.2, 0.25) is 0 Å². The van der Waals surface area contributed by atoms with Gasteiger partial charge in [0.1, 0.15) is 0 Å². The average Bonchev–Trinajstić information content (AvgIpc) is 2.99. The monoisotopic (exact) mass is 384 g/mol. The van der Waals surface area contributed by atoms with Crippen LogP contribution in [-0.4, -0.2) is 0 Å². The first-order chi connectivity index (χ1) is 13.3. The highest BCUT2D eigenvalue weighted by Gasteiger charge is 2.58. The van der Waals surface area contributed by atoms with E-state index in [9.17, 15) is 0 Å². The van der Waals surface area contributed by atoms with Gasteiger partial charge in [-0.15, -0.1) is 0 Å². The van der Waals surface area contributed by atoms with E-state index >= 15 is 0 Å². The second kappa shape index (κ2) is 7.77. The molecule has 0 nitrogen and oxygen atoms in total. The molecular formula is C28H48. The van der Waals surface area contributed by atoms with Crippen LogP contribution in [0.25, 0.3) is 0 Å². The second-order valence-corrected chi connectivity index (χ2v) is 12.6. The molecule has 0 aromatic heterocycles. The minimum absolute atomic E-state index is 0.553. The zero-order valence-corrected chi connectivity index (χ0v) is 19.9. The van der Waals surface area contributed by atoms with Gasteiger partial charge in [-0.3, -0.25) is 0 Å². The highest BCUT2D eigenvalue weighted by molar-refractivity contribution is 5.25. The fourth-order valence-electron chi connectivity index (χ4n) is 8.87. The molecule has 0 aliphatic heterocycles. The van der Waals surface area contributed by atoms with E-state index in [-0.39, 0.29) is 0 Å². The molecule has 3 saturated carbocycles. The molecule has 28 heavy (non-hydrogen) atoms. The molecule has 0 N–H and O–H groups in total. The van der Waals surface area contributed by atoms with Gasteiger partial charge in [0, 0.05) is 0 Å². The van der Waals surface area contributed by atoms with Crippen molar-refractivity contribution in [3.63, 3.8) is 0 Å². The minimum Gasteiger partial charge on any atom is -0.0845 e. The Hall–Kier alpha value is -0.260. The highest BCUT2D eigenvalue weighted by atomic mass is 14.6. The van der Waals surface area contributed by atoms with E-state index in [0.29, 0.717) is 10.8 Å². The fourth-order valence-corrected chi connectivity index (χ4v) is 8.87. The largest absolute Gasteiger partial charge is 0.0845 e. The lowest BCUT2D eigenvalue weighted by Crippen LogP contribution is -2.50. The first-order valence-electron chi connectivity index (χ1n) is 12.9. The SMILES string of the molecule is CC(C)CCC[C@@H](C)[C@H]1CCC2[C@@H]3CC=C4C[C@@H](C)CC[C@]4(C)C3CC[C@@]21C. The van der Waals surface area contributed by atoms with Crippen LogP contribution in [0.15, 0.2) is 11.6 Å². The van der Waals surface area contributed by atoms with Crippen molar-refractivity contribution in [1.82, 2.24) is 0 Å². The van der Waals surface area contributed by atoms with E-state index in [1.807, 2.05) is 5.57 Å². The summed E-state index contributed by atoms with van der Waals surface area (Å²) in [6.45, 7) is 15.3. The predicted octanol–water partition coefficient (Wildman–Crippen LogP) is 8.66. The van der Waals surface area contributed by atoms with E-state index in [4.69, 9.17) is 0 Å². The fraction of sp³-hybridized carbons (Fsp3) is 0.929. The van der Waals surface area contributed by atoms with Gasteiger partial charge in [0.05, 0.1) is 0 Å². The summed E-state index contributed by atoms with van der Waals surface area (Å²) < 4.78 is 0. The van der Waals surface area contributed by atoms with E-state index < -0.39 is 0 Å². The van der Waals surface area contributed by atoms with Crippen LogP contribution in [0.1, 0.15) is 112 Å². The molecule has 0 aromatic rings. The van der Waals surface area contributed by atoms with Gasteiger partial charge in [-0.2, -0.15) is 0 Å². The number of rotatable bonds is 5. The van der Waals surface area contributed by atoms with Crippen molar-refractivity contribution in [2.75, 3.05) is 0 Å². The molecule has 8 atom stereocenters. The number of allylic oxidation sites excluding steroid dienone is 2. The molecular weight excluding hydrogens is 336 g/mol. The summed E-state index contributed by atoms with van der Waals surface area (Å²) in [6.07, 6.45) is 19.0. The molecule has 160 valence electrons. The van der Waals surface area contributed by atoms with Crippen molar-refractivity contribution < 1.29 is 0 Å². The molecule has 4 aliphatic rings. The van der Waals surface area contributed by atoms with Crippen LogP contribution in [0.2, 0.25) is 0 Å². The number of hydrogen-bond donors (Lipinski definition) is 0. The molecule has 0 aromatic carbocycles. The molecule has 4 rings (SSSR count). The Morgan fingerprint density at radius 3 is 2.50 bits per heavy atom. The maximum atomic E-state index is 2.75. The summed E-state index contributed by atoms with van der Waals surface area (Å²) in [5, 5.41) is 0. The minimum atomic E-state index is 0.553. The van der Waals surface area contributed by atoms with Gasteiger partial charge in [0.15, 0.2) is 0 Å². The van der Waals surface area contributed by atoms with Gasteiger partial charge >= 0.3 is 0 Å². The predicted molar refractivity (Wildman–Crippen MR) is 122 cm³/mol. The molecule has 0 bridgehead atoms. The first-order valence-corrected chi connectivity index (χ1v) is 12.9. The highest BCUT2D eigenvalue weighted by Crippen LogP contribution is 2.67. The molecule has 0 amide bonds. The summed E-state index contributed by atoms with van der Waals surface area (Å²) in [7, 11) is 0. The second-order valence-electron chi connectivity index (χ2n) is 12.6. The van der Waals surface area contributed by atoms with Crippen LogP contribution in [0, 0.1) is 52.3 Å². The van der Waals surface area contributed by atoms with Crippen molar-refractivity contribution in [2.45, 2.75) is 112 Å². The average molecular weight is 385 g/mol. The van der Waals surface area contributed by atoms with Crippen molar-refractivity contribution in [3.05, 3.63) is 11.6 Å². The van der Waals surface area contributed by atoms with Gasteiger partial charge in [0.25, 0.3) is 0 Å². The summed E-state index contributed by atoms with van der Waals surface area (Å²) in [4.78, 5) is 0. The standard InChI is InChI=1S/C28H48/c1-19(2)8-7-9-21(4)24-12-13-25-23-11-10-22-18-20(3)14-16-27(22,5)26(23)15-17-28(24,25)6/h10,19-21,23-26H,7-9,11-18H2,1-6H3/t20-,21+,23-,24+,25?,26?,27-,28+/m0/s1. The normalized spacial score (nSPS) is 46.5. The van der Waals surface area contributed by atoms with Crippen LogP contribution in [-0.2, 0) is 0 Å². The molecule has 0 saturated heterocycles. The van der Waals surface area contributed by atoms with Crippen LogP contribution in [0.3, 0.4) is 0 Å². The van der Waals surface area contributed by atoms with Gasteiger partial charge in [-0.05, 0) is 104 Å². The maximum absolute atomic E-state index is 2.75.